The van der Waals surface area contributed by atoms with Crippen LogP contribution in [-0.4, -0.2) is 0 Å². The molecule has 1 aliphatic rings. The summed E-state index contributed by atoms with van der Waals surface area (Å²) in [6, 6.07) is 6.56. The molecule has 0 bridgehead atoms. The third-order valence-electron chi connectivity index (χ3n) is 3.47. The normalized spacial score (nSPS) is 29.9. The van der Waals surface area contributed by atoms with E-state index in [2.05, 4.69) is 19.1 Å². The lowest BCUT2D eigenvalue weighted by Crippen LogP contribution is -2.28. The summed E-state index contributed by atoms with van der Waals surface area (Å²) < 4.78 is 0.826. The van der Waals surface area contributed by atoms with E-state index in [9.17, 15) is 5.26 Å². The molecular formula is C13H16ClNS. The molecule has 0 amide bonds. The van der Waals surface area contributed by atoms with Crippen molar-refractivity contribution >= 4 is 22.9 Å². The Labute approximate surface area is 106 Å². The Hall–Kier alpha value is -0.520. The second-order valence-corrected chi connectivity index (χ2v) is 6.78. The van der Waals surface area contributed by atoms with Gasteiger partial charge in [-0.25, -0.2) is 0 Å². The van der Waals surface area contributed by atoms with Gasteiger partial charge < -0.3 is 0 Å². The van der Waals surface area contributed by atoms with Crippen molar-refractivity contribution in [3.05, 3.63) is 21.3 Å². The van der Waals surface area contributed by atoms with Crippen molar-refractivity contribution in [2.45, 2.75) is 39.0 Å². The molecule has 0 aromatic carbocycles. The highest BCUT2D eigenvalue weighted by atomic mass is 35.5. The van der Waals surface area contributed by atoms with E-state index in [-0.39, 0.29) is 5.41 Å². The van der Waals surface area contributed by atoms with Gasteiger partial charge in [-0.1, -0.05) is 31.4 Å². The summed E-state index contributed by atoms with van der Waals surface area (Å²) in [6.45, 7) is 2.26. The molecule has 2 unspecified atom stereocenters. The predicted molar refractivity (Wildman–Crippen MR) is 68.7 cm³/mol. The van der Waals surface area contributed by atoms with Crippen LogP contribution in [0.1, 0.15) is 37.5 Å². The number of rotatable bonds is 2. The first-order valence-electron chi connectivity index (χ1n) is 5.79. The summed E-state index contributed by atoms with van der Waals surface area (Å²) in [6.07, 6.45) is 5.43. The van der Waals surface area contributed by atoms with Crippen LogP contribution >= 0.6 is 22.9 Å². The summed E-state index contributed by atoms with van der Waals surface area (Å²) in [5, 5.41) is 9.45. The zero-order chi connectivity index (χ0) is 11.6. The minimum Gasteiger partial charge on any atom is -0.198 e. The molecule has 1 nitrogen and oxygen atoms in total. The van der Waals surface area contributed by atoms with Crippen molar-refractivity contribution in [2.24, 2.45) is 11.3 Å². The fraction of sp³-hybridized carbons (Fsp3) is 0.615. The first-order valence-corrected chi connectivity index (χ1v) is 6.98. The molecule has 1 fully saturated rings. The molecule has 1 saturated carbocycles. The molecule has 0 spiro atoms. The highest BCUT2D eigenvalue weighted by Gasteiger charge is 2.35. The van der Waals surface area contributed by atoms with Gasteiger partial charge in [0.25, 0.3) is 0 Å². The molecule has 2 rings (SSSR count). The molecule has 16 heavy (non-hydrogen) atoms. The molecule has 0 aliphatic heterocycles. The maximum absolute atomic E-state index is 9.45. The van der Waals surface area contributed by atoms with Gasteiger partial charge in [-0.2, -0.15) is 5.26 Å². The van der Waals surface area contributed by atoms with Gasteiger partial charge in [0.1, 0.15) is 0 Å². The third kappa shape index (κ3) is 2.59. The number of nitriles is 1. The Morgan fingerprint density at radius 3 is 3.00 bits per heavy atom. The lowest BCUT2D eigenvalue weighted by atomic mass is 9.69. The fourth-order valence-electron chi connectivity index (χ4n) is 2.74. The van der Waals surface area contributed by atoms with Crippen molar-refractivity contribution in [1.29, 1.82) is 5.26 Å². The highest BCUT2D eigenvalue weighted by Crippen LogP contribution is 2.42. The van der Waals surface area contributed by atoms with Crippen LogP contribution in [0.4, 0.5) is 0 Å². The largest absolute Gasteiger partial charge is 0.198 e. The van der Waals surface area contributed by atoms with Gasteiger partial charge in [0, 0.05) is 11.3 Å². The van der Waals surface area contributed by atoms with Crippen LogP contribution in [-0.2, 0) is 6.42 Å². The average Bonchev–Trinajstić information content (AvgIpc) is 2.64. The second-order valence-electron chi connectivity index (χ2n) is 4.98. The summed E-state index contributed by atoms with van der Waals surface area (Å²) in [4.78, 5) is 1.25. The SMILES string of the molecule is CC1CCCC(C#N)(Cc2ccc(Cl)s2)C1. The number of hydrogen-bond acceptors (Lipinski definition) is 2. The average molecular weight is 254 g/mol. The standard InChI is InChI=1S/C13H16ClNS/c1-10-3-2-6-13(7-10,9-15)8-11-4-5-12(14)16-11/h4-5,10H,2-3,6-8H2,1H3. The van der Waals surface area contributed by atoms with Crippen molar-refractivity contribution in [3.8, 4) is 6.07 Å². The molecule has 1 aromatic rings. The van der Waals surface area contributed by atoms with Crippen LogP contribution in [0.15, 0.2) is 12.1 Å². The van der Waals surface area contributed by atoms with Gasteiger partial charge in [0.2, 0.25) is 0 Å². The second kappa shape index (κ2) is 4.77. The summed E-state index contributed by atoms with van der Waals surface area (Å²) >= 11 is 7.54. The van der Waals surface area contributed by atoms with Gasteiger partial charge in [-0.05, 0) is 30.9 Å². The molecule has 2 atom stereocenters. The molecular weight excluding hydrogens is 238 g/mol. The smallest absolute Gasteiger partial charge is 0.0931 e. The van der Waals surface area contributed by atoms with Gasteiger partial charge in [-0.3, -0.25) is 0 Å². The van der Waals surface area contributed by atoms with Crippen LogP contribution in [0, 0.1) is 22.7 Å². The van der Waals surface area contributed by atoms with Crippen LogP contribution in [0.25, 0.3) is 0 Å². The molecule has 86 valence electrons. The Bertz CT molecular complexity index is 406. The van der Waals surface area contributed by atoms with Crippen LogP contribution in [0.3, 0.4) is 0 Å². The molecule has 3 heteroatoms. The van der Waals surface area contributed by atoms with Gasteiger partial charge in [0.15, 0.2) is 0 Å². The zero-order valence-electron chi connectivity index (χ0n) is 9.50. The van der Waals surface area contributed by atoms with Crippen LogP contribution < -0.4 is 0 Å². The Morgan fingerprint density at radius 2 is 2.44 bits per heavy atom. The molecule has 0 saturated heterocycles. The summed E-state index contributed by atoms with van der Waals surface area (Å²) in [7, 11) is 0. The number of halogens is 1. The fourth-order valence-corrected chi connectivity index (χ4v) is 3.97. The van der Waals surface area contributed by atoms with Crippen molar-refractivity contribution < 1.29 is 0 Å². The van der Waals surface area contributed by atoms with Crippen LogP contribution in [0.5, 0.6) is 0 Å². The highest BCUT2D eigenvalue weighted by molar-refractivity contribution is 7.16. The number of thiophene rings is 1. The topological polar surface area (TPSA) is 23.8 Å². The van der Waals surface area contributed by atoms with E-state index in [1.807, 2.05) is 6.07 Å². The van der Waals surface area contributed by atoms with E-state index in [1.165, 1.54) is 17.7 Å². The maximum atomic E-state index is 9.45. The summed E-state index contributed by atoms with van der Waals surface area (Å²) in [5.74, 6) is 0.684. The zero-order valence-corrected chi connectivity index (χ0v) is 11.1. The van der Waals surface area contributed by atoms with Crippen molar-refractivity contribution in [2.75, 3.05) is 0 Å². The summed E-state index contributed by atoms with van der Waals surface area (Å²) in [5.41, 5.74) is -0.133. The number of nitrogens with zero attached hydrogens (tertiary/aromatic N) is 1. The van der Waals surface area contributed by atoms with Crippen LogP contribution in [0.2, 0.25) is 4.34 Å². The molecule has 1 aliphatic carbocycles. The minimum absolute atomic E-state index is 0.133. The quantitative estimate of drug-likeness (QED) is 0.752. The molecule has 1 heterocycles. The van der Waals surface area contributed by atoms with Crippen molar-refractivity contribution in [3.63, 3.8) is 0 Å². The van der Waals surface area contributed by atoms with E-state index >= 15 is 0 Å². The van der Waals surface area contributed by atoms with E-state index in [0.717, 1.165) is 23.6 Å². The van der Waals surface area contributed by atoms with Gasteiger partial charge in [-0.15, -0.1) is 11.3 Å². The first kappa shape index (κ1) is 12.0. The first-order chi connectivity index (χ1) is 7.63. The Morgan fingerprint density at radius 1 is 1.62 bits per heavy atom. The van der Waals surface area contributed by atoms with E-state index in [0.29, 0.717) is 5.92 Å². The number of hydrogen-bond donors (Lipinski definition) is 0. The lowest BCUT2D eigenvalue weighted by molar-refractivity contribution is 0.210. The molecule has 1 aromatic heterocycles. The maximum Gasteiger partial charge on any atom is 0.0931 e. The van der Waals surface area contributed by atoms with E-state index in [1.54, 1.807) is 11.3 Å². The van der Waals surface area contributed by atoms with E-state index in [4.69, 9.17) is 11.6 Å². The Balaban J connectivity index is 2.13. The lowest BCUT2D eigenvalue weighted by Gasteiger charge is -2.34. The monoisotopic (exact) mass is 253 g/mol. The predicted octanol–water partition coefficient (Wildman–Crippen LogP) is 4.66. The van der Waals surface area contributed by atoms with Crippen molar-refractivity contribution in [1.82, 2.24) is 0 Å². The molecule has 0 radical (unpaired) electrons. The van der Waals surface area contributed by atoms with Gasteiger partial charge >= 0.3 is 0 Å². The minimum atomic E-state index is -0.133. The molecule has 0 N–H and O–H groups in total. The Kier molecular flexibility index (Phi) is 3.56. The van der Waals surface area contributed by atoms with E-state index < -0.39 is 0 Å². The van der Waals surface area contributed by atoms with Gasteiger partial charge in [0.05, 0.1) is 15.8 Å². The third-order valence-corrected chi connectivity index (χ3v) is 4.70.